The molecule has 13 heteroatoms. The molecule has 34 heavy (non-hydrogen) atoms. The SMILES string of the molecule is CC(O)C(NC(=O)C(Cc1c[nH]c2ccccc12)NC(=O)C(N)CO)C(=O)NC(CO)C(=O)O. The van der Waals surface area contributed by atoms with Crippen LogP contribution in [-0.2, 0) is 25.6 Å². The molecule has 0 aliphatic rings. The predicted molar refractivity (Wildman–Crippen MR) is 119 cm³/mol. The van der Waals surface area contributed by atoms with Crippen LogP contribution in [0.25, 0.3) is 10.9 Å². The minimum atomic E-state index is -1.64. The number of aromatic nitrogens is 1. The number of amides is 3. The van der Waals surface area contributed by atoms with Gasteiger partial charge in [0.1, 0.15) is 24.2 Å². The van der Waals surface area contributed by atoms with Crippen molar-refractivity contribution in [2.75, 3.05) is 13.2 Å². The number of hydrogen-bond acceptors (Lipinski definition) is 8. The molecule has 3 amide bonds. The molecule has 13 nitrogen and oxygen atoms in total. The number of carboxylic acids is 1. The number of H-pyrrole nitrogens is 1. The van der Waals surface area contributed by atoms with E-state index in [1.54, 1.807) is 12.3 Å². The number of aromatic amines is 1. The molecule has 5 unspecified atom stereocenters. The lowest BCUT2D eigenvalue weighted by atomic mass is 10.0. The van der Waals surface area contributed by atoms with Crippen molar-refractivity contribution in [3.05, 3.63) is 36.0 Å². The number of hydrogen-bond donors (Lipinski definition) is 9. The number of aliphatic hydroxyl groups is 3. The highest BCUT2D eigenvalue weighted by Crippen LogP contribution is 2.19. The summed E-state index contributed by atoms with van der Waals surface area (Å²) in [7, 11) is 0. The van der Waals surface area contributed by atoms with Gasteiger partial charge in [-0.15, -0.1) is 0 Å². The number of fused-ring (bicyclic) bond motifs is 1. The number of carboxylic acid groups (broad SMARTS) is 1. The molecule has 10 N–H and O–H groups in total. The van der Waals surface area contributed by atoms with Gasteiger partial charge in [-0.1, -0.05) is 18.2 Å². The fraction of sp³-hybridized carbons (Fsp3) is 0.429. The van der Waals surface area contributed by atoms with Crippen molar-refractivity contribution in [2.45, 2.75) is 43.6 Å². The Balaban J connectivity index is 2.26. The first-order valence-electron chi connectivity index (χ1n) is 10.4. The van der Waals surface area contributed by atoms with Crippen LogP contribution in [0.5, 0.6) is 0 Å². The maximum Gasteiger partial charge on any atom is 0.328 e. The molecule has 0 saturated heterocycles. The van der Waals surface area contributed by atoms with Gasteiger partial charge in [-0.2, -0.15) is 0 Å². The summed E-state index contributed by atoms with van der Waals surface area (Å²) in [6.07, 6.45) is 0.185. The quantitative estimate of drug-likeness (QED) is 0.150. The van der Waals surface area contributed by atoms with E-state index in [2.05, 4.69) is 15.6 Å². The standard InChI is InChI=1S/C21H29N5O8/c1-10(29)17(20(32)25-16(9-28)21(33)34)26-19(31)15(24-18(30)13(22)8-27)6-11-7-23-14-5-3-2-4-12(11)14/h2-5,7,10,13,15-17,23,27-29H,6,8-9,22H2,1H3,(H,24,30)(H,25,32)(H,26,31)(H,33,34). The average Bonchev–Trinajstić information content (AvgIpc) is 3.21. The van der Waals surface area contributed by atoms with Crippen molar-refractivity contribution >= 4 is 34.6 Å². The van der Waals surface area contributed by atoms with E-state index in [0.717, 1.165) is 10.9 Å². The lowest BCUT2D eigenvalue weighted by Gasteiger charge is -2.26. The van der Waals surface area contributed by atoms with Gasteiger partial charge in [0.25, 0.3) is 0 Å². The molecule has 0 aliphatic heterocycles. The van der Waals surface area contributed by atoms with Gasteiger partial charge in [-0.25, -0.2) is 4.79 Å². The zero-order valence-electron chi connectivity index (χ0n) is 18.4. The third-order valence-electron chi connectivity index (χ3n) is 5.13. The van der Waals surface area contributed by atoms with Gasteiger partial charge in [-0.05, 0) is 18.6 Å². The third kappa shape index (κ3) is 6.74. The van der Waals surface area contributed by atoms with Crippen molar-refractivity contribution in [2.24, 2.45) is 5.73 Å². The molecular formula is C21H29N5O8. The van der Waals surface area contributed by atoms with Crippen molar-refractivity contribution in [1.82, 2.24) is 20.9 Å². The second-order valence-electron chi connectivity index (χ2n) is 7.72. The number of para-hydroxylation sites is 1. The molecule has 2 aromatic rings. The molecular weight excluding hydrogens is 450 g/mol. The van der Waals surface area contributed by atoms with E-state index >= 15 is 0 Å². The van der Waals surface area contributed by atoms with Gasteiger partial charge in [0.2, 0.25) is 17.7 Å². The van der Waals surface area contributed by atoms with Crippen molar-refractivity contribution in [3.8, 4) is 0 Å². The van der Waals surface area contributed by atoms with Crippen molar-refractivity contribution < 1.29 is 39.6 Å². The lowest BCUT2D eigenvalue weighted by molar-refractivity contribution is -0.144. The molecule has 0 fully saturated rings. The first-order valence-corrected chi connectivity index (χ1v) is 10.4. The minimum absolute atomic E-state index is 0.0255. The lowest BCUT2D eigenvalue weighted by Crippen LogP contribution is -2.60. The Bertz CT molecular complexity index is 1020. The average molecular weight is 479 g/mol. The highest BCUT2D eigenvalue weighted by atomic mass is 16.4. The van der Waals surface area contributed by atoms with Gasteiger partial charge < -0.3 is 47.1 Å². The number of nitrogens with two attached hydrogens (primary N) is 1. The number of carbonyl (C=O) groups is 4. The Morgan fingerprint density at radius 2 is 1.62 bits per heavy atom. The topological polar surface area (TPSA) is 227 Å². The molecule has 186 valence electrons. The smallest absolute Gasteiger partial charge is 0.328 e. The van der Waals surface area contributed by atoms with E-state index in [1.165, 1.54) is 6.92 Å². The second-order valence-corrected chi connectivity index (χ2v) is 7.72. The van der Waals surface area contributed by atoms with Crippen LogP contribution in [0.3, 0.4) is 0 Å². The van der Waals surface area contributed by atoms with E-state index in [4.69, 9.17) is 21.1 Å². The molecule has 0 saturated carbocycles. The molecule has 1 aromatic heterocycles. The Morgan fingerprint density at radius 1 is 0.971 bits per heavy atom. The summed E-state index contributed by atoms with van der Waals surface area (Å²) in [5.41, 5.74) is 7.00. The van der Waals surface area contributed by atoms with Gasteiger partial charge in [-0.3, -0.25) is 14.4 Å². The third-order valence-corrected chi connectivity index (χ3v) is 5.13. The number of carbonyl (C=O) groups excluding carboxylic acids is 3. The summed E-state index contributed by atoms with van der Waals surface area (Å²) in [5.74, 6) is -4.23. The predicted octanol–water partition coefficient (Wildman–Crippen LogP) is -3.06. The highest BCUT2D eigenvalue weighted by molar-refractivity contribution is 5.95. The van der Waals surface area contributed by atoms with E-state index in [0.29, 0.717) is 5.56 Å². The molecule has 1 heterocycles. The van der Waals surface area contributed by atoms with Crippen LogP contribution in [0, 0.1) is 0 Å². The summed E-state index contributed by atoms with van der Waals surface area (Å²) in [6, 6.07) is 1.46. The number of aliphatic carboxylic acids is 1. The summed E-state index contributed by atoms with van der Waals surface area (Å²) in [5, 5.41) is 44.8. The number of benzene rings is 1. The summed E-state index contributed by atoms with van der Waals surface area (Å²) < 4.78 is 0. The van der Waals surface area contributed by atoms with Crippen LogP contribution >= 0.6 is 0 Å². The van der Waals surface area contributed by atoms with Crippen LogP contribution in [0.15, 0.2) is 30.5 Å². The summed E-state index contributed by atoms with van der Waals surface area (Å²) in [4.78, 5) is 52.0. The van der Waals surface area contributed by atoms with E-state index < -0.39 is 67.2 Å². The Hall–Kier alpha value is -3.52. The first kappa shape index (κ1) is 26.7. The second kappa shape index (κ2) is 12.1. The van der Waals surface area contributed by atoms with Crippen molar-refractivity contribution in [3.63, 3.8) is 0 Å². The van der Waals surface area contributed by atoms with Gasteiger partial charge in [0.15, 0.2) is 0 Å². The molecule has 0 aliphatic carbocycles. The Morgan fingerprint density at radius 3 is 2.21 bits per heavy atom. The van der Waals surface area contributed by atoms with E-state index in [9.17, 15) is 24.3 Å². The molecule has 1 aromatic carbocycles. The fourth-order valence-corrected chi connectivity index (χ4v) is 3.20. The molecule has 0 bridgehead atoms. The maximum atomic E-state index is 13.1. The van der Waals surface area contributed by atoms with E-state index in [1.807, 2.05) is 23.5 Å². The van der Waals surface area contributed by atoms with Crippen molar-refractivity contribution in [1.29, 1.82) is 0 Å². The maximum absolute atomic E-state index is 13.1. The van der Waals surface area contributed by atoms with Crippen LogP contribution in [0.2, 0.25) is 0 Å². The monoisotopic (exact) mass is 479 g/mol. The largest absolute Gasteiger partial charge is 0.480 e. The van der Waals surface area contributed by atoms with Gasteiger partial charge in [0, 0.05) is 23.5 Å². The number of rotatable bonds is 12. The van der Waals surface area contributed by atoms with Crippen LogP contribution < -0.4 is 21.7 Å². The van der Waals surface area contributed by atoms with Gasteiger partial charge >= 0.3 is 5.97 Å². The zero-order valence-corrected chi connectivity index (χ0v) is 18.4. The van der Waals surface area contributed by atoms with Gasteiger partial charge in [0.05, 0.1) is 19.3 Å². The Kier molecular flexibility index (Phi) is 9.50. The fourth-order valence-electron chi connectivity index (χ4n) is 3.20. The molecule has 5 atom stereocenters. The normalized spacial score (nSPS) is 15.6. The van der Waals surface area contributed by atoms with Crippen LogP contribution in [0.4, 0.5) is 0 Å². The number of nitrogens with one attached hydrogen (secondary N) is 4. The minimum Gasteiger partial charge on any atom is -0.480 e. The molecule has 2 rings (SSSR count). The Labute approximate surface area is 194 Å². The summed E-state index contributed by atoms with van der Waals surface area (Å²) in [6.45, 7) is -0.363. The molecule has 0 spiro atoms. The van der Waals surface area contributed by atoms with E-state index in [-0.39, 0.29) is 6.42 Å². The zero-order chi connectivity index (χ0) is 25.4. The number of aliphatic hydroxyl groups excluding tert-OH is 3. The molecule has 0 radical (unpaired) electrons. The van der Waals surface area contributed by atoms with Crippen LogP contribution in [-0.4, -0.2) is 92.6 Å². The highest BCUT2D eigenvalue weighted by Gasteiger charge is 2.33. The first-order chi connectivity index (χ1) is 16.1. The summed E-state index contributed by atoms with van der Waals surface area (Å²) >= 11 is 0. The van der Waals surface area contributed by atoms with Crippen LogP contribution in [0.1, 0.15) is 12.5 Å².